The molecule has 1 aliphatic rings. The van der Waals surface area contributed by atoms with Gasteiger partial charge in [-0.05, 0) is 45.4 Å². The minimum absolute atomic E-state index is 0.257. The van der Waals surface area contributed by atoms with Crippen LogP contribution in [-0.4, -0.2) is 57.1 Å². The monoisotopic (exact) mass is 459 g/mol. The molecule has 4 rings (SSSR count). The third-order valence-corrected chi connectivity index (χ3v) is 5.47. The van der Waals surface area contributed by atoms with Gasteiger partial charge in [-0.15, -0.1) is 0 Å². The van der Waals surface area contributed by atoms with Gasteiger partial charge in [0.2, 0.25) is 0 Å². The number of rotatable bonds is 2. The minimum atomic E-state index is -0.485. The van der Waals surface area contributed by atoms with Crippen LogP contribution in [0.2, 0.25) is 0 Å². The summed E-state index contributed by atoms with van der Waals surface area (Å²) < 4.78 is 8.65. The summed E-state index contributed by atoms with van der Waals surface area (Å²) in [5, 5.41) is 0. The number of amides is 1. The molecule has 29 heavy (non-hydrogen) atoms. The Labute approximate surface area is 178 Å². The van der Waals surface area contributed by atoms with Gasteiger partial charge in [0.1, 0.15) is 5.60 Å². The number of carbonyl (C=O) groups excluding carboxylic acids is 1. The highest BCUT2D eigenvalue weighted by Crippen LogP contribution is 2.28. The number of piperazine rings is 1. The lowest BCUT2D eigenvalue weighted by atomic mass is 10.2. The second-order valence-electron chi connectivity index (χ2n) is 8.30. The largest absolute Gasteiger partial charge is 0.444 e. The van der Waals surface area contributed by atoms with Crippen molar-refractivity contribution < 1.29 is 9.53 Å². The fourth-order valence-corrected chi connectivity index (χ4v) is 3.88. The standard InChI is InChI=1S/C21H26BrN5O2/c1-5-15-13-27-17-12-14(22)6-7-16(17)24-18(19(27)23-15)25-8-10-26(11-9-25)20(28)29-21(2,3)4/h6-7,12-13H,5,8-11H2,1-4H3. The van der Waals surface area contributed by atoms with Crippen LogP contribution in [0.3, 0.4) is 0 Å². The first kappa shape index (κ1) is 19.9. The van der Waals surface area contributed by atoms with Crippen LogP contribution in [0, 0.1) is 0 Å². The highest BCUT2D eigenvalue weighted by Gasteiger charge is 2.28. The van der Waals surface area contributed by atoms with Crippen LogP contribution in [-0.2, 0) is 11.2 Å². The molecule has 0 N–H and O–H groups in total. The molecule has 7 nitrogen and oxygen atoms in total. The highest BCUT2D eigenvalue weighted by molar-refractivity contribution is 9.10. The van der Waals surface area contributed by atoms with Crippen LogP contribution >= 0.6 is 15.9 Å². The van der Waals surface area contributed by atoms with Gasteiger partial charge in [0.15, 0.2) is 11.5 Å². The highest BCUT2D eigenvalue weighted by atomic mass is 79.9. The van der Waals surface area contributed by atoms with Crippen LogP contribution in [0.15, 0.2) is 28.9 Å². The van der Waals surface area contributed by atoms with Crippen molar-refractivity contribution in [2.45, 2.75) is 39.7 Å². The molecule has 1 fully saturated rings. The van der Waals surface area contributed by atoms with Crippen molar-refractivity contribution in [3.63, 3.8) is 0 Å². The van der Waals surface area contributed by atoms with E-state index in [0.717, 1.165) is 39.1 Å². The quantitative estimate of drug-likeness (QED) is 0.572. The lowest BCUT2D eigenvalue weighted by Crippen LogP contribution is -2.50. The molecule has 1 aromatic carbocycles. The van der Waals surface area contributed by atoms with Gasteiger partial charge in [-0.2, -0.15) is 0 Å². The number of hydrogen-bond acceptors (Lipinski definition) is 5. The summed E-state index contributed by atoms with van der Waals surface area (Å²) in [6.45, 7) is 10.4. The van der Waals surface area contributed by atoms with Crippen molar-refractivity contribution in [2.24, 2.45) is 0 Å². The average molecular weight is 460 g/mol. The van der Waals surface area contributed by atoms with Gasteiger partial charge in [0, 0.05) is 36.8 Å². The number of hydrogen-bond donors (Lipinski definition) is 0. The van der Waals surface area contributed by atoms with E-state index < -0.39 is 5.60 Å². The van der Waals surface area contributed by atoms with E-state index in [9.17, 15) is 4.79 Å². The molecule has 1 amide bonds. The van der Waals surface area contributed by atoms with Crippen molar-refractivity contribution in [3.8, 4) is 0 Å². The lowest BCUT2D eigenvalue weighted by Gasteiger charge is -2.36. The molecule has 0 unspecified atom stereocenters. The number of carbonyl (C=O) groups is 1. The Balaban J connectivity index is 1.65. The van der Waals surface area contributed by atoms with Crippen LogP contribution in [0.5, 0.6) is 0 Å². The smallest absolute Gasteiger partial charge is 0.410 e. The van der Waals surface area contributed by atoms with Crippen molar-refractivity contribution >= 4 is 44.5 Å². The Morgan fingerprint density at radius 3 is 2.55 bits per heavy atom. The Hall–Kier alpha value is -2.35. The second kappa shape index (κ2) is 7.48. The number of anilines is 1. The molecule has 2 aromatic heterocycles. The third-order valence-electron chi connectivity index (χ3n) is 4.97. The molecular weight excluding hydrogens is 434 g/mol. The van der Waals surface area contributed by atoms with E-state index in [1.165, 1.54) is 0 Å². The molecule has 154 valence electrons. The molecule has 3 heterocycles. The maximum atomic E-state index is 12.4. The predicted molar refractivity (Wildman–Crippen MR) is 118 cm³/mol. The Morgan fingerprint density at radius 1 is 1.17 bits per heavy atom. The molecular formula is C21H26BrN5O2. The van der Waals surface area contributed by atoms with Gasteiger partial charge in [-0.3, -0.25) is 4.40 Å². The summed E-state index contributed by atoms with van der Waals surface area (Å²) >= 11 is 3.56. The summed E-state index contributed by atoms with van der Waals surface area (Å²) in [6.07, 6.45) is 2.70. The maximum absolute atomic E-state index is 12.4. The first-order valence-electron chi connectivity index (χ1n) is 9.95. The Morgan fingerprint density at radius 2 is 1.90 bits per heavy atom. The molecule has 0 saturated carbocycles. The zero-order chi connectivity index (χ0) is 20.8. The number of aryl methyl sites for hydroxylation is 1. The van der Waals surface area contributed by atoms with Gasteiger partial charge in [0.05, 0.1) is 16.7 Å². The third kappa shape index (κ3) is 4.03. The number of halogens is 1. The number of imidazole rings is 1. The van der Waals surface area contributed by atoms with E-state index in [1.54, 1.807) is 4.90 Å². The first-order chi connectivity index (χ1) is 13.7. The SMILES string of the molecule is CCc1cn2c(n1)c(N1CCN(C(=O)OC(C)(C)C)CC1)nc1ccc(Br)cc12. The molecule has 0 radical (unpaired) electrons. The summed E-state index contributed by atoms with van der Waals surface area (Å²) in [5.41, 5.74) is 3.36. The predicted octanol–water partition coefficient (Wildman–Crippen LogP) is 4.26. The van der Waals surface area contributed by atoms with Gasteiger partial charge in [-0.25, -0.2) is 14.8 Å². The summed E-state index contributed by atoms with van der Waals surface area (Å²) in [7, 11) is 0. The number of benzene rings is 1. The summed E-state index contributed by atoms with van der Waals surface area (Å²) in [5.74, 6) is 0.864. The van der Waals surface area contributed by atoms with Gasteiger partial charge in [0.25, 0.3) is 0 Å². The van der Waals surface area contributed by atoms with Crippen LogP contribution in [0.1, 0.15) is 33.4 Å². The number of fused-ring (bicyclic) bond motifs is 3. The Kier molecular flexibility index (Phi) is 5.14. The van der Waals surface area contributed by atoms with Crippen molar-refractivity contribution in [1.29, 1.82) is 0 Å². The van der Waals surface area contributed by atoms with Crippen LogP contribution < -0.4 is 4.90 Å². The molecule has 1 saturated heterocycles. The molecule has 0 spiro atoms. The van der Waals surface area contributed by atoms with E-state index >= 15 is 0 Å². The van der Waals surface area contributed by atoms with Crippen LogP contribution in [0.25, 0.3) is 16.7 Å². The fourth-order valence-electron chi connectivity index (χ4n) is 3.53. The second-order valence-corrected chi connectivity index (χ2v) is 9.22. The molecule has 0 atom stereocenters. The average Bonchev–Trinajstić information content (AvgIpc) is 3.11. The van der Waals surface area contributed by atoms with Crippen molar-refractivity contribution in [3.05, 3.63) is 34.6 Å². The van der Waals surface area contributed by atoms with E-state index in [2.05, 4.69) is 44.4 Å². The van der Waals surface area contributed by atoms with E-state index in [4.69, 9.17) is 14.7 Å². The van der Waals surface area contributed by atoms with Gasteiger partial charge < -0.3 is 14.5 Å². The molecule has 3 aromatic rings. The van der Waals surface area contributed by atoms with Crippen molar-refractivity contribution in [2.75, 3.05) is 31.1 Å². The topological polar surface area (TPSA) is 63.0 Å². The molecule has 0 aliphatic carbocycles. The first-order valence-corrected chi connectivity index (χ1v) is 10.7. The molecule has 0 bridgehead atoms. The number of ether oxygens (including phenoxy) is 1. The van der Waals surface area contributed by atoms with Gasteiger partial charge in [-0.1, -0.05) is 22.9 Å². The van der Waals surface area contributed by atoms with E-state index in [-0.39, 0.29) is 6.09 Å². The number of nitrogens with zero attached hydrogens (tertiary/aromatic N) is 5. The van der Waals surface area contributed by atoms with Gasteiger partial charge >= 0.3 is 6.09 Å². The van der Waals surface area contributed by atoms with Crippen LogP contribution in [0.4, 0.5) is 10.6 Å². The van der Waals surface area contributed by atoms with Crippen molar-refractivity contribution in [1.82, 2.24) is 19.3 Å². The zero-order valence-corrected chi connectivity index (χ0v) is 18.9. The van der Waals surface area contributed by atoms with E-state index in [0.29, 0.717) is 26.2 Å². The molecule has 8 heteroatoms. The Bertz CT molecular complexity index is 1060. The lowest BCUT2D eigenvalue weighted by molar-refractivity contribution is 0.0240. The summed E-state index contributed by atoms with van der Waals surface area (Å²) in [6, 6.07) is 6.09. The fraction of sp³-hybridized carbons (Fsp3) is 0.476. The summed E-state index contributed by atoms with van der Waals surface area (Å²) in [4.78, 5) is 26.1. The number of aromatic nitrogens is 3. The maximum Gasteiger partial charge on any atom is 0.410 e. The zero-order valence-electron chi connectivity index (χ0n) is 17.3. The minimum Gasteiger partial charge on any atom is -0.444 e. The van der Waals surface area contributed by atoms with E-state index in [1.807, 2.05) is 32.9 Å². The molecule has 1 aliphatic heterocycles. The normalized spacial score (nSPS) is 15.3.